The molecule has 0 saturated heterocycles. The van der Waals surface area contributed by atoms with Gasteiger partial charge in [-0.1, -0.05) is 13.8 Å². The molecule has 3 N–H and O–H groups in total. The van der Waals surface area contributed by atoms with Crippen LogP contribution >= 0.6 is 0 Å². The van der Waals surface area contributed by atoms with Crippen LogP contribution in [0.25, 0.3) is 0 Å². The van der Waals surface area contributed by atoms with Crippen molar-refractivity contribution in [2.45, 2.75) is 33.2 Å². The Morgan fingerprint density at radius 1 is 1.46 bits per heavy atom. The van der Waals surface area contributed by atoms with Crippen LogP contribution in [0.4, 0.5) is 0 Å². The highest BCUT2D eigenvalue weighted by atomic mass is 16.7. The topological polar surface area (TPSA) is 81.4 Å². The molecule has 0 fully saturated rings. The highest BCUT2D eigenvalue weighted by Gasteiger charge is 2.21. The van der Waals surface area contributed by atoms with E-state index in [0.717, 1.165) is 0 Å². The Labute approximate surface area is 77.6 Å². The Morgan fingerprint density at radius 2 is 2.00 bits per heavy atom. The van der Waals surface area contributed by atoms with Gasteiger partial charge in [0.15, 0.2) is 0 Å². The van der Waals surface area contributed by atoms with Crippen molar-refractivity contribution in [1.82, 2.24) is 5.32 Å². The Balaban J connectivity index is 4.18. The molecule has 0 aliphatic rings. The van der Waals surface area contributed by atoms with Crippen molar-refractivity contribution in [2.24, 2.45) is 11.8 Å². The first kappa shape index (κ1) is 11.9. The number of amides is 1. The highest BCUT2D eigenvalue weighted by molar-refractivity contribution is 5.82. The maximum Gasteiger partial charge on any atom is 0.347 e. The lowest BCUT2D eigenvalue weighted by molar-refractivity contribution is -0.148. The van der Waals surface area contributed by atoms with Gasteiger partial charge >= 0.3 is 5.97 Å². The summed E-state index contributed by atoms with van der Waals surface area (Å²) in [7, 11) is 0. The van der Waals surface area contributed by atoms with E-state index in [4.69, 9.17) is 5.90 Å². The molecule has 0 radical (unpaired) electrons. The van der Waals surface area contributed by atoms with Crippen LogP contribution in [0.5, 0.6) is 0 Å². The predicted octanol–water partition coefficient (Wildman–Crippen LogP) is -0.0459. The monoisotopic (exact) mass is 188 g/mol. The molecule has 1 unspecified atom stereocenters. The summed E-state index contributed by atoms with van der Waals surface area (Å²) < 4.78 is 0. The van der Waals surface area contributed by atoms with Gasteiger partial charge in [0.25, 0.3) is 0 Å². The normalized spacial score (nSPS) is 12.4. The van der Waals surface area contributed by atoms with E-state index < -0.39 is 12.0 Å². The van der Waals surface area contributed by atoms with Crippen LogP contribution < -0.4 is 11.2 Å². The van der Waals surface area contributed by atoms with Crippen LogP contribution in [0.3, 0.4) is 0 Å². The maximum atomic E-state index is 11.0. The summed E-state index contributed by atoms with van der Waals surface area (Å²) >= 11 is 0. The fraction of sp³-hybridized carbons (Fsp3) is 0.750. The number of hydrogen-bond acceptors (Lipinski definition) is 4. The van der Waals surface area contributed by atoms with Gasteiger partial charge < -0.3 is 10.2 Å². The molecule has 0 rings (SSSR count). The molecule has 0 aromatic heterocycles. The minimum absolute atomic E-state index is 0.268. The minimum atomic E-state index is -0.637. The molecule has 5 nitrogen and oxygen atoms in total. The average molecular weight is 188 g/mol. The van der Waals surface area contributed by atoms with Gasteiger partial charge in [-0.15, -0.1) is 0 Å². The lowest BCUT2D eigenvalue weighted by Gasteiger charge is -2.16. The van der Waals surface area contributed by atoms with E-state index in [1.807, 2.05) is 13.8 Å². The summed E-state index contributed by atoms with van der Waals surface area (Å²) in [6.07, 6.45) is 0.523. The van der Waals surface area contributed by atoms with E-state index in [2.05, 4.69) is 10.2 Å². The van der Waals surface area contributed by atoms with Gasteiger partial charge in [-0.3, -0.25) is 4.79 Å². The Morgan fingerprint density at radius 3 is 2.31 bits per heavy atom. The fourth-order valence-corrected chi connectivity index (χ4v) is 1.01. The van der Waals surface area contributed by atoms with Crippen LogP contribution in [0.15, 0.2) is 0 Å². The zero-order valence-electron chi connectivity index (χ0n) is 8.16. The van der Waals surface area contributed by atoms with E-state index in [1.165, 1.54) is 6.92 Å². The second kappa shape index (κ2) is 5.53. The van der Waals surface area contributed by atoms with Crippen molar-refractivity contribution in [3.63, 3.8) is 0 Å². The third kappa shape index (κ3) is 5.19. The van der Waals surface area contributed by atoms with Gasteiger partial charge in [0, 0.05) is 6.92 Å². The SMILES string of the molecule is CC(=O)NC(CC(C)C)C(=O)ON. The minimum Gasteiger partial charge on any atom is -0.372 e. The first-order valence-corrected chi connectivity index (χ1v) is 4.15. The third-order valence-corrected chi connectivity index (χ3v) is 1.49. The second-order valence-corrected chi connectivity index (χ2v) is 3.32. The number of rotatable bonds is 4. The average Bonchev–Trinajstić information content (AvgIpc) is 2.00. The summed E-state index contributed by atoms with van der Waals surface area (Å²) in [5.74, 6) is 4.14. The lowest BCUT2D eigenvalue weighted by Crippen LogP contribution is -2.42. The lowest BCUT2D eigenvalue weighted by atomic mass is 10.0. The van der Waals surface area contributed by atoms with Crippen LogP contribution in [0.1, 0.15) is 27.2 Å². The molecule has 1 atom stereocenters. The van der Waals surface area contributed by atoms with Gasteiger partial charge in [0.1, 0.15) is 6.04 Å². The van der Waals surface area contributed by atoms with E-state index in [9.17, 15) is 9.59 Å². The molecule has 0 bridgehead atoms. The molecule has 0 heterocycles. The first-order chi connectivity index (χ1) is 5.97. The van der Waals surface area contributed by atoms with E-state index in [-0.39, 0.29) is 11.8 Å². The van der Waals surface area contributed by atoms with Crippen molar-refractivity contribution in [2.75, 3.05) is 0 Å². The van der Waals surface area contributed by atoms with Crippen LogP contribution in [-0.2, 0) is 14.4 Å². The number of carbonyl (C=O) groups is 2. The Kier molecular flexibility index (Phi) is 5.06. The molecule has 0 aromatic rings. The third-order valence-electron chi connectivity index (χ3n) is 1.49. The van der Waals surface area contributed by atoms with Crippen LogP contribution in [0, 0.1) is 5.92 Å². The van der Waals surface area contributed by atoms with E-state index >= 15 is 0 Å². The zero-order chi connectivity index (χ0) is 10.4. The Bertz CT molecular complexity index is 192. The second-order valence-electron chi connectivity index (χ2n) is 3.32. The van der Waals surface area contributed by atoms with Gasteiger partial charge in [-0.25, -0.2) is 4.79 Å². The molecular weight excluding hydrogens is 172 g/mol. The fourth-order valence-electron chi connectivity index (χ4n) is 1.01. The molecule has 0 aliphatic carbocycles. The van der Waals surface area contributed by atoms with Crippen LogP contribution in [0.2, 0.25) is 0 Å². The summed E-state index contributed by atoms with van der Waals surface area (Å²) in [5.41, 5.74) is 0. The number of hydrogen-bond donors (Lipinski definition) is 2. The smallest absolute Gasteiger partial charge is 0.347 e. The summed E-state index contributed by atoms with van der Waals surface area (Å²) in [6.45, 7) is 5.23. The molecule has 0 aromatic carbocycles. The van der Waals surface area contributed by atoms with Crippen LogP contribution in [-0.4, -0.2) is 17.9 Å². The standard InChI is InChI=1S/C8H16N2O3/c1-5(2)4-7(8(12)13-9)10-6(3)11/h5,7H,4,9H2,1-3H3,(H,10,11). The largest absolute Gasteiger partial charge is 0.372 e. The molecule has 1 amide bonds. The maximum absolute atomic E-state index is 11.0. The van der Waals surface area contributed by atoms with Crippen molar-refractivity contribution in [3.8, 4) is 0 Å². The molecule has 0 saturated carbocycles. The summed E-state index contributed by atoms with van der Waals surface area (Å²) in [6, 6.07) is -0.637. The van der Waals surface area contributed by atoms with Crippen molar-refractivity contribution in [3.05, 3.63) is 0 Å². The number of nitrogens with one attached hydrogen (secondary N) is 1. The zero-order valence-corrected chi connectivity index (χ0v) is 8.16. The predicted molar refractivity (Wildman–Crippen MR) is 47.3 cm³/mol. The molecule has 5 heteroatoms. The van der Waals surface area contributed by atoms with E-state index in [0.29, 0.717) is 6.42 Å². The van der Waals surface area contributed by atoms with Crippen molar-refractivity contribution < 1.29 is 14.4 Å². The molecule has 13 heavy (non-hydrogen) atoms. The molecule has 76 valence electrons. The molecular formula is C8H16N2O3. The highest BCUT2D eigenvalue weighted by Crippen LogP contribution is 2.05. The van der Waals surface area contributed by atoms with Gasteiger partial charge in [-0.2, -0.15) is 5.90 Å². The van der Waals surface area contributed by atoms with Gasteiger partial charge in [0.05, 0.1) is 0 Å². The summed E-state index contributed by atoms with van der Waals surface area (Å²) in [4.78, 5) is 25.8. The summed E-state index contributed by atoms with van der Waals surface area (Å²) in [5, 5.41) is 2.47. The van der Waals surface area contributed by atoms with Gasteiger partial charge in [0.2, 0.25) is 5.91 Å². The number of carbonyl (C=O) groups excluding carboxylic acids is 2. The quantitative estimate of drug-likeness (QED) is 0.606. The molecule has 0 aliphatic heterocycles. The van der Waals surface area contributed by atoms with E-state index in [1.54, 1.807) is 0 Å². The number of nitrogens with two attached hydrogens (primary N) is 1. The molecule has 0 spiro atoms. The van der Waals surface area contributed by atoms with Crippen molar-refractivity contribution >= 4 is 11.9 Å². The van der Waals surface area contributed by atoms with Gasteiger partial charge in [-0.05, 0) is 12.3 Å². The van der Waals surface area contributed by atoms with Crippen molar-refractivity contribution in [1.29, 1.82) is 0 Å². The first-order valence-electron chi connectivity index (χ1n) is 4.15. The Hall–Kier alpha value is -1.10.